The lowest BCUT2D eigenvalue weighted by Crippen LogP contribution is -2.08. The standard InChI is InChI=1S/C13H9NO2S4/c1-3-14-4-2-8(1)9-7-17-12(18-9)13-19-10-11(20-13)16-6-5-15-10/h1-4,7H,5-6H2. The third-order valence-corrected chi connectivity index (χ3v) is 8.02. The van der Waals surface area contributed by atoms with E-state index in [0.717, 1.165) is 10.2 Å². The van der Waals surface area contributed by atoms with Crippen LogP contribution in [0.15, 0.2) is 48.6 Å². The lowest BCUT2D eigenvalue weighted by Gasteiger charge is -2.13. The van der Waals surface area contributed by atoms with Gasteiger partial charge in [-0.05, 0) is 46.6 Å². The first-order valence-corrected chi connectivity index (χ1v) is 9.28. The van der Waals surface area contributed by atoms with Crippen LogP contribution in [-0.2, 0) is 9.47 Å². The fourth-order valence-corrected chi connectivity index (χ4v) is 6.70. The van der Waals surface area contributed by atoms with Crippen molar-refractivity contribution in [1.29, 1.82) is 0 Å². The highest BCUT2D eigenvalue weighted by Crippen LogP contribution is 2.60. The molecule has 0 saturated carbocycles. The molecule has 0 radical (unpaired) electrons. The minimum absolute atomic E-state index is 0.649. The number of nitrogens with zero attached hydrogens (tertiary/aromatic N) is 1. The van der Waals surface area contributed by atoms with Gasteiger partial charge in [-0.15, -0.1) is 0 Å². The fraction of sp³-hybridized carbons (Fsp3) is 0.154. The maximum Gasteiger partial charge on any atom is 0.208 e. The summed E-state index contributed by atoms with van der Waals surface area (Å²) in [5.74, 6) is 0. The summed E-state index contributed by atoms with van der Waals surface area (Å²) in [5.41, 5.74) is 1.21. The predicted octanol–water partition coefficient (Wildman–Crippen LogP) is 4.64. The molecule has 1 aromatic rings. The van der Waals surface area contributed by atoms with Gasteiger partial charge < -0.3 is 9.47 Å². The third-order valence-electron chi connectivity index (χ3n) is 2.69. The zero-order valence-electron chi connectivity index (χ0n) is 10.2. The van der Waals surface area contributed by atoms with Gasteiger partial charge in [-0.1, -0.05) is 23.5 Å². The molecule has 0 saturated heterocycles. The number of thioether (sulfide) groups is 4. The van der Waals surface area contributed by atoms with Crippen LogP contribution in [-0.4, -0.2) is 18.2 Å². The smallest absolute Gasteiger partial charge is 0.208 e. The van der Waals surface area contributed by atoms with E-state index in [4.69, 9.17) is 9.47 Å². The van der Waals surface area contributed by atoms with E-state index in [9.17, 15) is 0 Å². The van der Waals surface area contributed by atoms with Crippen LogP contribution in [0.25, 0.3) is 4.91 Å². The lowest BCUT2D eigenvalue weighted by molar-refractivity contribution is 0.0949. The van der Waals surface area contributed by atoms with E-state index in [2.05, 4.69) is 10.4 Å². The van der Waals surface area contributed by atoms with E-state index in [-0.39, 0.29) is 0 Å². The Kier molecular flexibility index (Phi) is 3.68. The summed E-state index contributed by atoms with van der Waals surface area (Å²) in [4.78, 5) is 5.33. The topological polar surface area (TPSA) is 31.4 Å². The van der Waals surface area contributed by atoms with Crippen molar-refractivity contribution in [2.75, 3.05) is 13.2 Å². The molecule has 102 valence electrons. The van der Waals surface area contributed by atoms with E-state index in [1.165, 1.54) is 18.9 Å². The van der Waals surface area contributed by atoms with Crippen LogP contribution in [0.5, 0.6) is 0 Å². The predicted molar refractivity (Wildman–Crippen MR) is 88.5 cm³/mol. The Morgan fingerprint density at radius 2 is 1.60 bits per heavy atom. The van der Waals surface area contributed by atoms with E-state index < -0.39 is 0 Å². The Labute approximate surface area is 133 Å². The number of aromatic nitrogens is 1. The molecule has 0 amide bonds. The number of pyridine rings is 1. The van der Waals surface area contributed by atoms with Crippen LogP contribution in [0.4, 0.5) is 0 Å². The van der Waals surface area contributed by atoms with Crippen molar-refractivity contribution >= 4 is 52.0 Å². The first-order valence-electron chi connectivity index (χ1n) is 5.95. The third kappa shape index (κ3) is 2.47. The summed E-state index contributed by atoms with van der Waals surface area (Å²) in [7, 11) is 0. The summed E-state index contributed by atoms with van der Waals surface area (Å²) < 4.78 is 13.8. The maximum absolute atomic E-state index is 5.62. The maximum atomic E-state index is 5.62. The Morgan fingerprint density at radius 3 is 2.30 bits per heavy atom. The fourth-order valence-electron chi connectivity index (χ4n) is 1.79. The summed E-state index contributed by atoms with van der Waals surface area (Å²) in [5, 5.41) is 4.03. The molecule has 1 aromatic heterocycles. The number of hydrogen-bond donors (Lipinski definition) is 0. The van der Waals surface area contributed by atoms with Crippen molar-refractivity contribution in [3.8, 4) is 0 Å². The minimum Gasteiger partial charge on any atom is -0.480 e. The zero-order chi connectivity index (χ0) is 13.4. The molecular weight excluding hydrogens is 330 g/mol. The molecule has 3 aliphatic rings. The monoisotopic (exact) mass is 339 g/mol. The minimum atomic E-state index is 0.649. The average Bonchev–Trinajstić information content (AvgIpc) is 3.14. The van der Waals surface area contributed by atoms with Crippen molar-refractivity contribution < 1.29 is 9.47 Å². The van der Waals surface area contributed by atoms with Gasteiger partial charge in [0.15, 0.2) is 0 Å². The first-order chi connectivity index (χ1) is 9.90. The van der Waals surface area contributed by atoms with Gasteiger partial charge in [0.05, 0.1) is 8.47 Å². The molecule has 4 heterocycles. The molecule has 7 heteroatoms. The normalized spacial score (nSPS) is 21.5. The van der Waals surface area contributed by atoms with E-state index >= 15 is 0 Å². The van der Waals surface area contributed by atoms with Crippen LogP contribution in [0, 0.1) is 0 Å². The van der Waals surface area contributed by atoms with Crippen LogP contribution in [0.3, 0.4) is 0 Å². The molecule has 4 rings (SSSR count). The number of rotatable bonds is 1. The largest absolute Gasteiger partial charge is 0.480 e. The van der Waals surface area contributed by atoms with Gasteiger partial charge in [-0.25, -0.2) is 0 Å². The van der Waals surface area contributed by atoms with Crippen molar-refractivity contribution in [2.24, 2.45) is 0 Å². The van der Waals surface area contributed by atoms with Gasteiger partial charge in [-0.3, -0.25) is 4.98 Å². The molecule has 0 spiro atoms. The second kappa shape index (κ2) is 5.63. The van der Waals surface area contributed by atoms with Gasteiger partial charge in [-0.2, -0.15) is 0 Å². The van der Waals surface area contributed by atoms with Crippen molar-refractivity contribution in [1.82, 2.24) is 4.98 Å². The lowest BCUT2D eigenvalue weighted by atomic mass is 10.3. The van der Waals surface area contributed by atoms with Crippen LogP contribution >= 0.6 is 47.0 Å². The molecule has 3 nitrogen and oxygen atoms in total. The van der Waals surface area contributed by atoms with Gasteiger partial charge in [0.25, 0.3) is 0 Å². The van der Waals surface area contributed by atoms with Crippen LogP contribution in [0.2, 0.25) is 0 Å². The SMILES string of the molecule is C1=C(c2ccncc2)SC(=C2SC3=C(OCCO3)S2)S1. The van der Waals surface area contributed by atoms with Crippen molar-refractivity contribution in [3.63, 3.8) is 0 Å². The van der Waals surface area contributed by atoms with E-state index in [0.29, 0.717) is 13.2 Å². The van der Waals surface area contributed by atoms with E-state index in [1.54, 1.807) is 47.0 Å². The van der Waals surface area contributed by atoms with Gasteiger partial charge in [0.2, 0.25) is 10.2 Å². The molecule has 3 aliphatic heterocycles. The summed E-state index contributed by atoms with van der Waals surface area (Å²) >= 11 is 6.93. The molecule has 0 N–H and O–H groups in total. The number of hydrogen-bond acceptors (Lipinski definition) is 7. The van der Waals surface area contributed by atoms with Crippen LogP contribution < -0.4 is 0 Å². The molecule has 20 heavy (non-hydrogen) atoms. The quantitative estimate of drug-likeness (QED) is 0.736. The molecule has 0 unspecified atom stereocenters. The highest BCUT2D eigenvalue weighted by Gasteiger charge is 2.31. The summed E-state index contributed by atoms with van der Waals surface area (Å²) in [6.45, 7) is 1.30. The highest BCUT2D eigenvalue weighted by molar-refractivity contribution is 8.35. The Morgan fingerprint density at radius 1 is 0.900 bits per heavy atom. The second-order valence-corrected chi connectivity index (χ2v) is 8.40. The Hall–Kier alpha value is -0.630. The highest BCUT2D eigenvalue weighted by atomic mass is 32.2. The Bertz CT molecular complexity index is 619. The molecule has 0 aromatic carbocycles. The van der Waals surface area contributed by atoms with E-state index in [1.807, 2.05) is 24.5 Å². The average molecular weight is 339 g/mol. The van der Waals surface area contributed by atoms with Crippen molar-refractivity contribution in [3.05, 3.63) is 54.2 Å². The van der Waals surface area contributed by atoms with Crippen LogP contribution in [0.1, 0.15) is 5.56 Å². The second-order valence-electron chi connectivity index (χ2n) is 3.99. The van der Waals surface area contributed by atoms with Gasteiger partial charge in [0.1, 0.15) is 13.2 Å². The molecule has 0 aliphatic carbocycles. The van der Waals surface area contributed by atoms with Gasteiger partial charge in [0, 0.05) is 17.3 Å². The summed E-state index contributed by atoms with van der Waals surface area (Å²) in [6, 6.07) is 4.08. The molecule has 0 bridgehead atoms. The zero-order valence-corrected chi connectivity index (χ0v) is 13.5. The van der Waals surface area contributed by atoms with Crippen molar-refractivity contribution in [2.45, 2.75) is 0 Å². The molecular formula is C13H9NO2S4. The number of ether oxygens (including phenoxy) is 2. The summed E-state index contributed by atoms with van der Waals surface area (Å²) in [6.07, 6.45) is 3.65. The molecule has 0 atom stereocenters. The Balaban J connectivity index is 1.52. The van der Waals surface area contributed by atoms with Gasteiger partial charge >= 0.3 is 0 Å². The first kappa shape index (κ1) is 13.1. The molecule has 0 fully saturated rings.